The van der Waals surface area contributed by atoms with Gasteiger partial charge < -0.3 is 15.0 Å². The average molecular weight is 291 g/mol. The van der Waals surface area contributed by atoms with Crippen LogP contribution in [0.25, 0.3) is 0 Å². The predicted octanol–water partition coefficient (Wildman–Crippen LogP) is 1.83. The first-order valence-corrected chi connectivity index (χ1v) is 7.16. The Kier molecular flexibility index (Phi) is 6.57. The van der Waals surface area contributed by atoms with Crippen molar-refractivity contribution in [1.82, 2.24) is 10.2 Å². The maximum absolute atomic E-state index is 12.8. The lowest BCUT2D eigenvalue weighted by Gasteiger charge is -2.35. The van der Waals surface area contributed by atoms with Gasteiger partial charge in [-0.15, -0.1) is 12.4 Å². The predicted molar refractivity (Wildman–Crippen MR) is 78.7 cm³/mol. The second-order valence-electron chi connectivity index (χ2n) is 5.79. The number of hydrogen-bond acceptors (Lipinski definition) is 3. The zero-order valence-electron chi connectivity index (χ0n) is 12.1. The van der Waals surface area contributed by atoms with Gasteiger partial charge in [0, 0.05) is 33.4 Å². The van der Waals surface area contributed by atoms with Crippen molar-refractivity contribution in [1.29, 1.82) is 0 Å². The summed E-state index contributed by atoms with van der Waals surface area (Å²) < 4.78 is 5.20. The summed E-state index contributed by atoms with van der Waals surface area (Å²) in [6.45, 7) is 2.68. The number of carbonyl (C=O) groups excluding carboxylic acids is 1. The van der Waals surface area contributed by atoms with Gasteiger partial charge in [0.2, 0.25) is 5.91 Å². The highest BCUT2D eigenvalue weighted by Gasteiger charge is 2.43. The number of nitrogens with one attached hydrogen (secondary N) is 1. The minimum atomic E-state index is -0.132. The monoisotopic (exact) mass is 290 g/mol. The molecule has 112 valence electrons. The number of likely N-dealkylation sites (N-methyl/N-ethyl adjacent to an activating group) is 1. The molecule has 1 saturated heterocycles. The highest BCUT2D eigenvalue weighted by Crippen LogP contribution is 2.43. The van der Waals surface area contributed by atoms with Gasteiger partial charge in [0.15, 0.2) is 0 Å². The Morgan fingerprint density at radius 1 is 1.42 bits per heavy atom. The van der Waals surface area contributed by atoms with Crippen molar-refractivity contribution in [2.24, 2.45) is 5.41 Å². The van der Waals surface area contributed by atoms with E-state index < -0.39 is 0 Å². The number of nitrogens with zero attached hydrogens (tertiary/aromatic N) is 1. The average Bonchev–Trinajstić information content (AvgIpc) is 3.06. The fourth-order valence-electron chi connectivity index (χ4n) is 3.43. The molecular weight excluding hydrogens is 264 g/mol. The smallest absolute Gasteiger partial charge is 0.228 e. The van der Waals surface area contributed by atoms with Crippen LogP contribution in [0.4, 0.5) is 0 Å². The third-order valence-corrected chi connectivity index (χ3v) is 4.70. The maximum atomic E-state index is 12.8. The minimum absolute atomic E-state index is 0. The van der Waals surface area contributed by atoms with Crippen molar-refractivity contribution < 1.29 is 9.53 Å². The van der Waals surface area contributed by atoms with E-state index in [1.54, 1.807) is 7.11 Å². The van der Waals surface area contributed by atoms with Gasteiger partial charge in [0.05, 0.1) is 5.41 Å². The van der Waals surface area contributed by atoms with Crippen molar-refractivity contribution >= 4 is 18.3 Å². The van der Waals surface area contributed by atoms with E-state index in [4.69, 9.17) is 4.74 Å². The van der Waals surface area contributed by atoms with Gasteiger partial charge in [-0.3, -0.25) is 4.79 Å². The lowest BCUT2D eigenvalue weighted by atomic mass is 9.81. The number of ether oxygens (including phenoxy) is 1. The highest BCUT2D eigenvalue weighted by molar-refractivity contribution is 5.85. The van der Waals surface area contributed by atoms with Gasteiger partial charge in [-0.25, -0.2) is 0 Å². The summed E-state index contributed by atoms with van der Waals surface area (Å²) in [6, 6.07) is 0.387. The zero-order chi connectivity index (χ0) is 13.0. The molecular formula is C14H27ClN2O2. The molecule has 0 spiro atoms. The van der Waals surface area contributed by atoms with Crippen molar-refractivity contribution in [2.75, 3.05) is 33.9 Å². The van der Waals surface area contributed by atoms with E-state index in [-0.39, 0.29) is 17.8 Å². The van der Waals surface area contributed by atoms with Crippen LogP contribution in [-0.4, -0.2) is 50.7 Å². The summed E-state index contributed by atoms with van der Waals surface area (Å²) in [7, 11) is 3.70. The van der Waals surface area contributed by atoms with Crippen molar-refractivity contribution in [3.8, 4) is 0 Å². The zero-order valence-corrected chi connectivity index (χ0v) is 12.9. The molecule has 1 amide bonds. The molecule has 4 nitrogen and oxygen atoms in total. The summed E-state index contributed by atoms with van der Waals surface area (Å²) in [5.74, 6) is 0.353. The summed E-state index contributed by atoms with van der Waals surface area (Å²) in [5, 5.41) is 3.34. The molecule has 1 aliphatic heterocycles. The molecule has 0 radical (unpaired) electrons. The van der Waals surface area contributed by atoms with Crippen LogP contribution in [0.1, 0.15) is 38.5 Å². The highest BCUT2D eigenvalue weighted by atomic mass is 35.5. The Bertz CT molecular complexity index is 287. The molecule has 2 fully saturated rings. The number of carbonyl (C=O) groups is 1. The second kappa shape index (κ2) is 7.46. The largest absolute Gasteiger partial charge is 0.385 e. The van der Waals surface area contributed by atoms with Crippen molar-refractivity contribution in [2.45, 2.75) is 44.6 Å². The number of amides is 1. The molecule has 0 aromatic carbocycles. The van der Waals surface area contributed by atoms with Crippen LogP contribution in [0.15, 0.2) is 0 Å². The Morgan fingerprint density at radius 3 is 2.63 bits per heavy atom. The topological polar surface area (TPSA) is 41.6 Å². The first kappa shape index (κ1) is 16.7. The summed E-state index contributed by atoms with van der Waals surface area (Å²) >= 11 is 0. The Balaban J connectivity index is 0.00000180. The normalized spacial score (nSPS) is 25.1. The Labute approximate surface area is 122 Å². The van der Waals surface area contributed by atoms with Crippen LogP contribution in [-0.2, 0) is 9.53 Å². The molecule has 1 atom stereocenters. The van der Waals surface area contributed by atoms with Gasteiger partial charge in [-0.1, -0.05) is 12.8 Å². The van der Waals surface area contributed by atoms with Crippen LogP contribution in [0.2, 0.25) is 0 Å². The summed E-state index contributed by atoms with van der Waals surface area (Å²) in [6.07, 6.45) is 6.42. The number of halogens is 1. The molecule has 19 heavy (non-hydrogen) atoms. The maximum Gasteiger partial charge on any atom is 0.228 e. The number of hydrogen-bond donors (Lipinski definition) is 1. The Hall–Kier alpha value is -0.320. The lowest BCUT2D eigenvalue weighted by molar-refractivity contribution is -0.143. The first-order chi connectivity index (χ1) is 8.69. The van der Waals surface area contributed by atoms with Crippen molar-refractivity contribution in [3.05, 3.63) is 0 Å². The van der Waals surface area contributed by atoms with E-state index in [0.717, 1.165) is 38.8 Å². The molecule has 2 rings (SSSR count). The van der Waals surface area contributed by atoms with Crippen LogP contribution in [0, 0.1) is 5.41 Å². The van der Waals surface area contributed by atoms with Gasteiger partial charge in [0.1, 0.15) is 0 Å². The van der Waals surface area contributed by atoms with Crippen molar-refractivity contribution in [3.63, 3.8) is 0 Å². The SMILES string of the molecule is COCCC1(C(=O)N(C)C2CCNC2)CCCC1.Cl. The lowest BCUT2D eigenvalue weighted by Crippen LogP contribution is -2.46. The number of rotatable bonds is 5. The third-order valence-electron chi connectivity index (χ3n) is 4.70. The molecule has 2 aliphatic rings. The van der Waals surface area contributed by atoms with Crippen LogP contribution < -0.4 is 5.32 Å². The number of methoxy groups -OCH3 is 1. The van der Waals surface area contributed by atoms with E-state index >= 15 is 0 Å². The molecule has 0 aromatic heterocycles. The molecule has 1 aliphatic carbocycles. The molecule has 0 bridgehead atoms. The van der Waals surface area contributed by atoms with Crippen LogP contribution >= 0.6 is 12.4 Å². The van der Waals surface area contributed by atoms with E-state index in [2.05, 4.69) is 5.32 Å². The van der Waals surface area contributed by atoms with E-state index in [0.29, 0.717) is 18.6 Å². The fraction of sp³-hybridized carbons (Fsp3) is 0.929. The molecule has 5 heteroatoms. The first-order valence-electron chi connectivity index (χ1n) is 7.16. The van der Waals surface area contributed by atoms with E-state index in [1.807, 2.05) is 11.9 Å². The van der Waals surface area contributed by atoms with E-state index in [9.17, 15) is 4.79 Å². The quantitative estimate of drug-likeness (QED) is 0.840. The second-order valence-corrected chi connectivity index (χ2v) is 5.79. The third kappa shape index (κ3) is 3.61. The molecule has 1 unspecified atom stereocenters. The standard InChI is InChI=1S/C14H26N2O2.ClH/c1-16(12-5-9-15-11-12)13(17)14(8-10-18-2)6-3-4-7-14;/h12,15H,3-11H2,1-2H3;1H. The fourth-order valence-corrected chi connectivity index (χ4v) is 3.43. The van der Waals surface area contributed by atoms with Gasteiger partial charge in [0.25, 0.3) is 0 Å². The molecule has 1 heterocycles. The summed E-state index contributed by atoms with van der Waals surface area (Å²) in [4.78, 5) is 14.8. The van der Waals surface area contributed by atoms with E-state index in [1.165, 1.54) is 12.8 Å². The van der Waals surface area contributed by atoms with Crippen LogP contribution in [0.5, 0.6) is 0 Å². The summed E-state index contributed by atoms with van der Waals surface area (Å²) in [5.41, 5.74) is -0.132. The van der Waals surface area contributed by atoms with Gasteiger partial charge in [-0.2, -0.15) is 0 Å². The van der Waals surface area contributed by atoms with Crippen LogP contribution in [0.3, 0.4) is 0 Å². The Morgan fingerprint density at radius 2 is 2.11 bits per heavy atom. The minimum Gasteiger partial charge on any atom is -0.385 e. The molecule has 1 N–H and O–H groups in total. The van der Waals surface area contributed by atoms with Gasteiger partial charge >= 0.3 is 0 Å². The van der Waals surface area contributed by atoms with Gasteiger partial charge in [-0.05, 0) is 32.2 Å². The molecule has 1 saturated carbocycles. The molecule has 0 aromatic rings.